The molecule has 0 spiro atoms. The Labute approximate surface area is 147 Å². The van der Waals surface area contributed by atoms with Crippen LogP contribution in [-0.2, 0) is 19.3 Å². The standard InChI is InChI=1S/C23H31N/c1-4-18-12-13-20(21-14-15-23(2,3)22(21)24)16-19(18)11-10-17-8-6-5-7-9-17/h5-9,12-13,16,21-22H,4,10-11,14-15,24H2,1-3H3. The highest BCUT2D eigenvalue weighted by Gasteiger charge is 2.40. The van der Waals surface area contributed by atoms with Gasteiger partial charge in [-0.3, -0.25) is 0 Å². The van der Waals surface area contributed by atoms with Crippen molar-refractivity contribution in [2.45, 2.75) is 64.8 Å². The molecule has 1 saturated carbocycles. The van der Waals surface area contributed by atoms with Gasteiger partial charge < -0.3 is 5.73 Å². The Kier molecular flexibility index (Phi) is 5.10. The third-order valence-electron chi connectivity index (χ3n) is 6.00. The van der Waals surface area contributed by atoms with E-state index >= 15 is 0 Å². The molecule has 2 unspecified atom stereocenters. The van der Waals surface area contributed by atoms with Crippen molar-refractivity contribution in [3.63, 3.8) is 0 Å². The van der Waals surface area contributed by atoms with Gasteiger partial charge in [0.1, 0.15) is 0 Å². The Morgan fingerprint density at radius 2 is 1.75 bits per heavy atom. The lowest BCUT2D eigenvalue weighted by atomic mass is 9.82. The molecular formula is C23H31N. The molecule has 1 fully saturated rings. The second-order valence-corrected chi connectivity index (χ2v) is 8.03. The van der Waals surface area contributed by atoms with E-state index in [1.165, 1.54) is 35.1 Å². The maximum Gasteiger partial charge on any atom is 0.0159 e. The summed E-state index contributed by atoms with van der Waals surface area (Å²) < 4.78 is 0. The number of hydrogen-bond acceptors (Lipinski definition) is 1. The van der Waals surface area contributed by atoms with Gasteiger partial charge in [0, 0.05) is 6.04 Å². The van der Waals surface area contributed by atoms with Crippen molar-refractivity contribution in [3.05, 3.63) is 70.8 Å². The second kappa shape index (κ2) is 7.11. The molecule has 128 valence electrons. The fourth-order valence-electron chi connectivity index (χ4n) is 4.17. The number of nitrogens with two attached hydrogens (primary N) is 1. The molecule has 0 radical (unpaired) electrons. The van der Waals surface area contributed by atoms with Gasteiger partial charge >= 0.3 is 0 Å². The first-order valence-corrected chi connectivity index (χ1v) is 9.42. The molecule has 0 saturated heterocycles. The maximum absolute atomic E-state index is 6.57. The molecule has 2 atom stereocenters. The Bertz CT molecular complexity index is 672. The van der Waals surface area contributed by atoms with E-state index in [2.05, 4.69) is 69.3 Å². The van der Waals surface area contributed by atoms with Gasteiger partial charge in [0.15, 0.2) is 0 Å². The van der Waals surface area contributed by atoms with E-state index in [0.717, 1.165) is 19.3 Å². The van der Waals surface area contributed by atoms with E-state index in [1.807, 2.05) is 0 Å². The summed E-state index contributed by atoms with van der Waals surface area (Å²) in [6, 6.07) is 18.2. The summed E-state index contributed by atoms with van der Waals surface area (Å²) >= 11 is 0. The van der Waals surface area contributed by atoms with Crippen molar-refractivity contribution in [1.82, 2.24) is 0 Å². The van der Waals surface area contributed by atoms with Gasteiger partial charge in [0.2, 0.25) is 0 Å². The molecule has 1 aliphatic carbocycles. The lowest BCUT2D eigenvalue weighted by Gasteiger charge is -2.27. The van der Waals surface area contributed by atoms with Crippen LogP contribution < -0.4 is 5.73 Å². The summed E-state index contributed by atoms with van der Waals surface area (Å²) in [5, 5.41) is 0. The lowest BCUT2D eigenvalue weighted by molar-refractivity contribution is 0.322. The summed E-state index contributed by atoms with van der Waals surface area (Å²) in [7, 11) is 0. The molecule has 0 aliphatic heterocycles. The van der Waals surface area contributed by atoms with Crippen LogP contribution in [0.5, 0.6) is 0 Å². The average molecular weight is 322 g/mol. The van der Waals surface area contributed by atoms with Gasteiger partial charge in [-0.1, -0.05) is 69.3 Å². The topological polar surface area (TPSA) is 26.0 Å². The largest absolute Gasteiger partial charge is 0.327 e. The highest BCUT2D eigenvalue weighted by molar-refractivity contribution is 5.36. The Balaban J connectivity index is 1.81. The molecule has 2 aromatic carbocycles. The minimum atomic E-state index is 0.262. The van der Waals surface area contributed by atoms with E-state index in [4.69, 9.17) is 5.73 Å². The first kappa shape index (κ1) is 17.2. The minimum Gasteiger partial charge on any atom is -0.327 e. The van der Waals surface area contributed by atoms with E-state index in [9.17, 15) is 0 Å². The van der Waals surface area contributed by atoms with E-state index < -0.39 is 0 Å². The zero-order chi connectivity index (χ0) is 17.2. The second-order valence-electron chi connectivity index (χ2n) is 8.03. The van der Waals surface area contributed by atoms with Crippen LogP contribution in [0.3, 0.4) is 0 Å². The molecule has 0 heterocycles. The Morgan fingerprint density at radius 1 is 1.00 bits per heavy atom. The predicted octanol–water partition coefficient (Wildman–Crippen LogP) is 5.27. The normalized spacial score (nSPS) is 22.7. The third-order valence-corrected chi connectivity index (χ3v) is 6.00. The first-order valence-electron chi connectivity index (χ1n) is 9.42. The third kappa shape index (κ3) is 3.57. The zero-order valence-corrected chi connectivity index (χ0v) is 15.4. The van der Waals surface area contributed by atoms with E-state index in [0.29, 0.717) is 5.92 Å². The summed E-state index contributed by atoms with van der Waals surface area (Å²) in [6.07, 6.45) is 5.78. The summed E-state index contributed by atoms with van der Waals surface area (Å²) in [5.74, 6) is 0.515. The minimum absolute atomic E-state index is 0.262. The van der Waals surface area contributed by atoms with E-state index in [1.54, 1.807) is 0 Å². The molecular weight excluding hydrogens is 290 g/mol. The van der Waals surface area contributed by atoms with Gasteiger partial charge in [0.25, 0.3) is 0 Å². The van der Waals surface area contributed by atoms with Crippen LogP contribution in [0.4, 0.5) is 0 Å². The van der Waals surface area contributed by atoms with Crippen LogP contribution in [0.15, 0.2) is 48.5 Å². The summed E-state index contributed by atoms with van der Waals surface area (Å²) in [5.41, 5.74) is 12.7. The monoisotopic (exact) mass is 321 g/mol. The van der Waals surface area contributed by atoms with Crippen molar-refractivity contribution >= 4 is 0 Å². The molecule has 2 aromatic rings. The quantitative estimate of drug-likeness (QED) is 0.798. The van der Waals surface area contributed by atoms with Crippen LogP contribution in [0.25, 0.3) is 0 Å². The van der Waals surface area contributed by atoms with Gasteiger partial charge in [-0.15, -0.1) is 0 Å². The van der Waals surface area contributed by atoms with Crippen molar-refractivity contribution in [2.75, 3.05) is 0 Å². The molecule has 0 bridgehead atoms. The fourth-order valence-corrected chi connectivity index (χ4v) is 4.17. The van der Waals surface area contributed by atoms with Crippen LogP contribution in [0.2, 0.25) is 0 Å². The Hall–Kier alpha value is -1.60. The number of aryl methyl sites for hydroxylation is 3. The molecule has 1 heteroatoms. The Morgan fingerprint density at radius 3 is 2.38 bits per heavy atom. The highest BCUT2D eigenvalue weighted by atomic mass is 14.7. The van der Waals surface area contributed by atoms with Crippen LogP contribution in [-0.4, -0.2) is 6.04 Å². The molecule has 3 rings (SSSR count). The summed E-state index contributed by atoms with van der Waals surface area (Å²) in [4.78, 5) is 0. The molecule has 1 nitrogen and oxygen atoms in total. The maximum atomic E-state index is 6.57. The van der Waals surface area contributed by atoms with Gasteiger partial charge in [0.05, 0.1) is 0 Å². The van der Waals surface area contributed by atoms with Gasteiger partial charge in [-0.25, -0.2) is 0 Å². The van der Waals surface area contributed by atoms with Crippen LogP contribution >= 0.6 is 0 Å². The van der Waals surface area contributed by atoms with Crippen molar-refractivity contribution in [2.24, 2.45) is 11.1 Å². The average Bonchev–Trinajstić information content (AvgIpc) is 2.87. The SMILES string of the molecule is CCc1ccc(C2CCC(C)(C)C2N)cc1CCc1ccccc1. The first-order chi connectivity index (χ1) is 11.5. The molecule has 0 aromatic heterocycles. The molecule has 0 amide bonds. The molecule has 2 N–H and O–H groups in total. The predicted molar refractivity (Wildman–Crippen MR) is 103 cm³/mol. The molecule has 1 aliphatic rings. The van der Waals surface area contributed by atoms with Crippen molar-refractivity contribution in [3.8, 4) is 0 Å². The number of rotatable bonds is 5. The number of benzene rings is 2. The lowest BCUT2D eigenvalue weighted by Crippen LogP contribution is -2.35. The molecule has 24 heavy (non-hydrogen) atoms. The van der Waals surface area contributed by atoms with Crippen molar-refractivity contribution < 1.29 is 0 Å². The highest BCUT2D eigenvalue weighted by Crippen LogP contribution is 2.45. The van der Waals surface area contributed by atoms with Crippen LogP contribution in [0, 0.1) is 5.41 Å². The van der Waals surface area contributed by atoms with Crippen molar-refractivity contribution in [1.29, 1.82) is 0 Å². The number of hydrogen-bond donors (Lipinski definition) is 1. The van der Waals surface area contributed by atoms with Crippen LogP contribution in [0.1, 0.15) is 61.8 Å². The van der Waals surface area contributed by atoms with E-state index in [-0.39, 0.29) is 11.5 Å². The van der Waals surface area contributed by atoms with Gasteiger partial charge in [-0.2, -0.15) is 0 Å². The van der Waals surface area contributed by atoms with Gasteiger partial charge in [-0.05, 0) is 65.7 Å². The smallest absolute Gasteiger partial charge is 0.0159 e. The fraction of sp³-hybridized carbons (Fsp3) is 0.478. The zero-order valence-electron chi connectivity index (χ0n) is 15.4. The summed E-state index contributed by atoms with van der Waals surface area (Å²) in [6.45, 7) is 6.88.